The highest BCUT2D eigenvalue weighted by Crippen LogP contribution is 2.67. The van der Waals surface area contributed by atoms with Gasteiger partial charge in [0, 0.05) is 0 Å². The van der Waals surface area contributed by atoms with Gasteiger partial charge in [-0.2, -0.15) is 43.9 Å². The molecule has 0 aromatic carbocycles. The fourth-order valence-corrected chi connectivity index (χ4v) is 2.39. The molecule has 1 rings (SSSR count). The summed E-state index contributed by atoms with van der Waals surface area (Å²) < 4.78 is 190. The van der Waals surface area contributed by atoms with Gasteiger partial charge in [0.25, 0.3) is 0 Å². The molecule has 138 valence electrons. The van der Waals surface area contributed by atoms with Gasteiger partial charge in [0.1, 0.15) is 11.2 Å². The van der Waals surface area contributed by atoms with Gasteiger partial charge >= 0.3 is 40.1 Å². The molecule has 0 unspecified atom stereocenters. The molecule has 1 heterocycles. The summed E-state index contributed by atoms with van der Waals surface area (Å²) in [6.45, 7) is 0. The van der Waals surface area contributed by atoms with E-state index in [1.807, 2.05) is 0 Å². The van der Waals surface area contributed by atoms with Gasteiger partial charge in [0.2, 0.25) is 0 Å². The van der Waals surface area contributed by atoms with Gasteiger partial charge < -0.3 is 4.55 Å². The van der Waals surface area contributed by atoms with Crippen molar-refractivity contribution < 1.29 is 66.0 Å². The first-order chi connectivity index (χ1) is 9.65. The van der Waals surface area contributed by atoms with Crippen molar-refractivity contribution in [2.45, 2.75) is 40.1 Å². The van der Waals surface area contributed by atoms with Crippen LogP contribution in [0.5, 0.6) is 0 Å². The fraction of sp³-hybridized carbons (Fsp3) is 1.00. The standard InChI is InChI=1S/C7F14OS/c8-1(9)2(10,11)4(14,15)6(18,19)23(22)7(20,21)5(16,17)3(1,12)13. The van der Waals surface area contributed by atoms with Crippen molar-refractivity contribution in [1.82, 2.24) is 0 Å². The first kappa shape index (κ1) is 20.4. The summed E-state index contributed by atoms with van der Waals surface area (Å²) in [6, 6.07) is 0. The van der Waals surface area contributed by atoms with E-state index in [0.29, 0.717) is 0 Å². The van der Waals surface area contributed by atoms with E-state index in [2.05, 4.69) is 0 Å². The molecule has 1 fully saturated rings. The Morgan fingerprint density at radius 1 is 0.391 bits per heavy atom. The van der Waals surface area contributed by atoms with Crippen LogP contribution in [-0.4, -0.2) is 44.7 Å². The molecule has 0 spiro atoms. The van der Waals surface area contributed by atoms with Crippen molar-refractivity contribution in [2.24, 2.45) is 0 Å². The van der Waals surface area contributed by atoms with Crippen molar-refractivity contribution in [2.75, 3.05) is 0 Å². The Kier molecular flexibility index (Phi) is 3.97. The lowest BCUT2D eigenvalue weighted by Gasteiger charge is -2.45. The molecule has 0 aromatic heterocycles. The van der Waals surface area contributed by atoms with Gasteiger partial charge in [-0.05, 0) is 0 Å². The first-order valence-electron chi connectivity index (χ1n) is 4.72. The largest absolute Gasteiger partial charge is 0.607 e. The molecule has 0 N–H and O–H groups in total. The van der Waals surface area contributed by atoms with Crippen LogP contribution in [0.15, 0.2) is 0 Å². The van der Waals surface area contributed by atoms with Crippen molar-refractivity contribution in [1.29, 1.82) is 0 Å². The predicted molar refractivity (Wildman–Crippen MR) is 42.8 cm³/mol. The highest BCUT2D eigenvalue weighted by Gasteiger charge is 3.01. The Morgan fingerprint density at radius 3 is 0.783 bits per heavy atom. The third kappa shape index (κ3) is 1.87. The van der Waals surface area contributed by atoms with Crippen LogP contribution in [0.25, 0.3) is 0 Å². The van der Waals surface area contributed by atoms with E-state index >= 15 is 0 Å². The van der Waals surface area contributed by atoms with Crippen LogP contribution in [0.3, 0.4) is 0 Å². The molecule has 0 bridgehead atoms. The van der Waals surface area contributed by atoms with Crippen LogP contribution < -0.4 is 0 Å². The molecule has 0 aromatic rings. The Labute approximate surface area is 118 Å². The van der Waals surface area contributed by atoms with Crippen molar-refractivity contribution >= 4 is 11.2 Å². The lowest BCUT2D eigenvalue weighted by Crippen LogP contribution is -2.79. The first-order valence-corrected chi connectivity index (χ1v) is 5.87. The summed E-state index contributed by atoms with van der Waals surface area (Å²) in [7, 11) is 0. The Bertz CT molecular complexity index is 455. The normalized spacial score (nSPS) is 33.5. The maximum absolute atomic E-state index is 12.8. The minimum absolute atomic E-state index is 6.41. The van der Waals surface area contributed by atoms with Gasteiger partial charge in [-0.15, -0.1) is 17.6 Å². The number of rotatable bonds is 0. The number of alkyl halides is 14. The number of hydrogen-bond donors (Lipinski definition) is 0. The van der Waals surface area contributed by atoms with Crippen LogP contribution in [0, 0.1) is 0 Å². The molecule has 0 saturated carbocycles. The second-order valence-corrected chi connectivity index (χ2v) is 5.74. The van der Waals surface area contributed by atoms with Gasteiger partial charge in [-0.1, -0.05) is 0 Å². The van der Waals surface area contributed by atoms with E-state index in [9.17, 15) is 66.0 Å². The van der Waals surface area contributed by atoms with Crippen LogP contribution in [-0.2, 0) is 11.2 Å². The van der Waals surface area contributed by atoms with Crippen LogP contribution >= 0.6 is 0 Å². The molecule has 0 amide bonds. The van der Waals surface area contributed by atoms with Crippen molar-refractivity contribution in [3.8, 4) is 0 Å². The second kappa shape index (κ2) is 4.49. The lowest BCUT2D eigenvalue weighted by molar-refractivity contribution is -0.435. The Morgan fingerprint density at radius 2 is 0.565 bits per heavy atom. The van der Waals surface area contributed by atoms with E-state index in [1.54, 1.807) is 0 Å². The third-order valence-corrected chi connectivity index (χ3v) is 4.22. The van der Waals surface area contributed by atoms with Crippen LogP contribution in [0.4, 0.5) is 61.5 Å². The van der Waals surface area contributed by atoms with E-state index in [1.165, 1.54) is 0 Å². The molecule has 16 heteroatoms. The van der Waals surface area contributed by atoms with E-state index in [0.717, 1.165) is 0 Å². The van der Waals surface area contributed by atoms with E-state index in [-0.39, 0.29) is 0 Å². The maximum atomic E-state index is 12.8. The number of halogens is 14. The summed E-state index contributed by atoms with van der Waals surface area (Å²) in [5.74, 6) is -39.5. The van der Waals surface area contributed by atoms with Crippen molar-refractivity contribution in [3.05, 3.63) is 0 Å². The molecule has 0 aliphatic carbocycles. The minimum atomic E-state index is -8.05. The monoisotopic (exact) mass is 398 g/mol. The number of hydrogen-bond acceptors (Lipinski definition) is 1. The van der Waals surface area contributed by atoms with Crippen LogP contribution in [0.2, 0.25) is 0 Å². The lowest BCUT2D eigenvalue weighted by atomic mass is 9.94. The average molecular weight is 398 g/mol. The molecular weight excluding hydrogens is 398 g/mol. The SMILES string of the molecule is [O-][S+]1C(F)(F)C(F)(F)C(F)(F)C(F)(F)C(F)(F)C(F)(F)C1(F)F. The zero-order chi connectivity index (χ0) is 19.1. The summed E-state index contributed by atoms with van der Waals surface area (Å²) in [6.07, 6.45) is 0. The molecule has 0 atom stereocenters. The molecule has 0 radical (unpaired) electrons. The van der Waals surface area contributed by atoms with E-state index in [4.69, 9.17) is 0 Å². The van der Waals surface area contributed by atoms with Gasteiger partial charge in [0.15, 0.2) is 0 Å². The molecule has 1 nitrogen and oxygen atoms in total. The summed E-state index contributed by atoms with van der Waals surface area (Å²) in [5, 5.41) is -14.8. The summed E-state index contributed by atoms with van der Waals surface area (Å²) >= 11 is -6.41. The zero-order valence-electron chi connectivity index (χ0n) is 9.61. The highest BCUT2D eigenvalue weighted by atomic mass is 32.2. The summed E-state index contributed by atoms with van der Waals surface area (Å²) in [4.78, 5) is 0. The van der Waals surface area contributed by atoms with Gasteiger partial charge in [-0.3, -0.25) is 0 Å². The van der Waals surface area contributed by atoms with Crippen LogP contribution in [0.1, 0.15) is 0 Å². The average Bonchev–Trinajstić information content (AvgIpc) is 2.35. The van der Waals surface area contributed by atoms with Gasteiger partial charge in [-0.25, -0.2) is 0 Å². The molecule has 1 saturated heterocycles. The Balaban J connectivity index is 3.95. The smallest absolute Gasteiger partial charge is 0.483 e. The van der Waals surface area contributed by atoms with Crippen molar-refractivity contribution in [3.63, 3.8) is 0 Å². The summed E-state index contributed by atoms with van der Waals surface area (Å²) in [5.41, 5.74) is 0. The molecule has 1 aliphatic heterocycles. The van der Waals surface area contributed by atoms with E-state index < -0.39 is 51.3 Å². The highest BCUT2D eigenvalue weighted by molar-refractivity contribution is 7.93. The molecule has 23 heavy (non-hydrogen) atoms. The zero-order valence-corrected chi connectivity index (χ0v) is 10.4. The minimum Gasteiger partial charge on any atom is -0.607 e. The maximum Gasteiger partial charge on any atom is 0.483 e. The molecule has 1 aliphatic rings. The Hall–Kier alpha value is -0.670. The second-order valence-electron chi connectivity index (χ2n) is 4.17. The molecular formula is C7F14OS. The third-order valence-electron chi connectivity index (χ3n) is 2.77. The van der Waals surface area contributed by atoms with Gasteiger partial charge in [0.05, 0.1) is 0 Å². The topological polar surface area (TPSA) is 23.1 Å². The fourth-order valence-electron chi connectivity index (χ4n) is 1.35. The quantitative estimate of drug-likeness (QED) is 0.445. The predicted octanol–water partition coefficient (Wildman–Crippen LogP) is 4.11.